The largest absolute Gasteiger partial charge is 0.480 e. The number of likely N-dealkylation sites (tertiary alicyclic amines) is 1. The lowest BCUT2D eigenvalue weighted by atomic mass is 10.0. The molecule has 1 rings (SSSR count). The number of hydrogen-bond acceptors (Lipinski definition) is 7. The molecule has 0 aromatic heterocycles. The second-order valence-corrected chi connectivity index (χ2v) is 10.4. The average molecular weight is 474 g/mol. The molecule has 10 nitrogen and oxygen atoms in total. The molecule has 184 valence electrons. The molecule has 32 heavy (non-hydrogen) atoms. The third kappa shape index (κ3) is 7.93. The number of rotatable bonds is 12. The Hall–Kier alpha value is -1.85. The van der Waals surface area contributed by atoms with Gasteiger partial charge in [-0.1, -0.05) is 13.8 Å². The fraction of sp³-hybridized carbons (Fsp3) is 0.810. The molecule has 7 N–H and O–H groups in total. The molecule has 0 aliphatic carbocycles. The van der Waals surface area contributed by atoms with Gasteiger partial charge in [-0.2, -0.15) is 12.6 Å². The number of aliphatic carboxylic acids is 1. The summed E-state index contributed by atoms with van der Waals surface area (Å²) in [6.45, 7) is 7.62. The van der Waals surface area contributed by atoms with Crippen molar-refractivity contribution in [2.24, 2.45) is 17.4 Å². The fourth-order valence-electron chi connectivity index (χ4n) is 3.60. The van der Waals surface area contributed by atoms with Crippen molar-refractivity contribution in [2.75, 3.05) is 13.1 Å². The van der Waals surface area contributed by atoms with Crippen LogP contribution in [0.25, 0.3) is 0 Å². The van der Waals surface area contributed by atoms with E-state index in [1.807, 2.05) is 0 Å². The van der Waals surface area contributed by atoms with Gasteiger partial charge in [-0.05, 0) is 58.4 Å². The minimum Gasteiger partial charge on any atom is -0.480 e. The number of amides is 3. The molecule has 1 aliphatic heterocycles. The number of carbonyl (C=O) groups is 4. The molecular weight excluding hydrogens is 434 g/mol. The van der Waals surface area contributed by atoms with Crippen molar-refractivity contribution >= 4 is 36.3 Å². The zero-order chi connectivity index (χ0) is 24.6. The third-order valence-corrected chi connectivity index (χ3v) is 5.95. The first-order valence-corrected chi connectivity index (χ1v) is 11.6. The Morgan fingerprint density at radius 1 is 1.19 bits per heavy atom. The number of thiol groups is 1. The van der Waals surface area contributed by atoms with Gasteiger partial charge in [0.25, 0.3) is 0 Å². The van der Waals surface area contributed by atoms with Crippen molar-refractivity contribution in [1.29, 1.82) is 0 Å². The van der Waals surface area contributed by atoms with Crippen LogP contribution in [0.2, 0.25) is 0 Å². The van der Waals surface area contributed by atoms with Crippen molar-refractivity contribution in [1.82, 2.24) is 15.5 Å². The lowest BCUT2D eigenvalue weighted by Gasteiger charge is -2.31. The smallest absolute Gasteiger partial charge is 0.326 e. The molecule has 1 fully saturated rings. The van der Waals surface area contributed by atoms with Gasteiger partial charge >= 0.3 is 5.97 Å². The highest BCUT2D eigenvalue weighted by molar-refractivity contribution is 7.81. The number of nitrogens with two attached hydrogens (primary N) is 2. The highest BCUT2D eigenvalue weighted by Gasteiger charge is 2.40. The topological polar surface area (TPSA) is 168 Å². The Morgan fingerprint density at radius 3 is 2.31 bits per heavy atom. The van der Waals surface area contributed by atoms with Gasteiger partial charge in [-0.15, -0.1) is 0 Å². The third-order valence-electron chi connectivity index (χ3n) is 5.67. The Balaban J connectivity index is 2.99. The van der Waals surface area contributed by atoms with Crippen LogP contribution >= 0.6 is 12.6 Å². The molecule has 3 amide bonds. The van der Waals surface area contributed by atoms with Crippen LogP contribution in [0, 0.1) is 5.92 Å². The van der Waals surface area contributed by atoms with Gasteiger partial charge in [-0.25, -0.2) is 4.79 Å². The predicted octanol–water partition coefficient (Wildman–Crippen LogP) is -0.148. The van der Waals surface area contributed by atoms with E-state index in [1.54, 1.807) is 27.7 Å². The predicted molar refractivity (Wildman–Crippen MR) is 125 cm³/mol. The average Bonchev–Trinajstić information content (AvgIpc) is 3.18. The molecule has 4 atom stereocenters. The number of carboxylic acids is 1. The van der Waals surface area contributed by atoms with Crippen LogP contribution in [0.15, 0.2) is 0 Å². The van der Waals surface area contributed by atoms with Crippen molar-refractivity contribution in [3.05, 3.63) is 0 Å². The number of carbonyl (C=O) groups excluding carboxylic acids is 3. The van der Waals surface area contributed by atoms with Gasteiger partial charge in [0, 0.05) is 11.3 Å². The van der Waals surface area contributed by atoms with E-state index >= 15 is 0 Å². The van der Waals surface area contributed by atoms with E-state index in [1.165, 1.54) is 4.90 Å². The molecule has 0 unspecified atom stereocenters. The van der Waals surface area contributed by atoms with Crippen LogP contribution in [0.4, 0.5) is 0 Å². The first-order valence-electron chi connectivity index (χ1n) is 11.1. The van der Waals surface area contributed by atoms with Crippen molar-refractivity contribution in [2.45, 2.75) is 88.7 Å². The van der Waals surface area contributed by atoms with Gasteiger partial charge in [0.2, 0.25) is 17.7 Å². The summed E-state index contributed by atoms with van der Waals surface area (Å²) in [6.07, 6.45) is 2.69. The van der Waals surface area contributed by atoms with E-state index in [-0.39, 0.29) is 11.8 Å². The summed E-state index contributed by atoms with van der Waals surface area (Å²) in [6, 6.07) is -3.62. The van der Waals surface area contributed by atoms with E-state index in [4.69, 9.17) is 11.5 Å². The van der Waals surface area contributed by atoms with Crippen LogP contribution in [0.1, 0.15) is 59.8 Å². The Labute approximate surface area is 195 Å². The molecule has 11 heteroatoms. The van der Waals surface area contributed by atoms with E-state index in [9.17, 15) is 24.3 Å². The summed E-state index contributed by atoms with van der Waals surface area (Å²) < 4.78 is -0.784. The SMILES string of the molecule is CC(C)[C@H](NC(=O)[C@@H]1CCCN1C(=O)[C@H](CCCCN)NC(=O)[C@@H](N)C(C)(C)S)C(=O)O. The number of nitrogens with zero attached hydrogens (tertiary/aromatic N) is 1. The zero-order valence-electron chi connectivity index (χ0n) is 19.5. The first-order chi connectivity index (χ1) is 14.8. The Bertz CT molecular complexity index is 682. The second kappa shape index (κ2) is 12.4. The maximum atomic E-state index is 13.3. The van der Waals surface area contributed by atoms with E-state index in [2.05, 4.69) is 23.3 Å². The quantitative estimate of drug-likeness (QED) is 0.169. The summed E-state index contributed by atoms with van der Waals surface area (Å²) in [5.41, 5.74) is 11.5. The maximum Gasteiger partial charge on any atom is 0.326 e. The molecule has 0 spiro atoms. The van der Waals surface area contributed by atoms with Gasteiger partial charge in [0.15, 0.2) is 0 Å². The molecule has 0 aromatic carbocycles. The summed E-state index contributed by atoms with van der Waals surface area (Å²) in [5, 5.41) is 14.6. The fourth-order valence-corrected chi connectivity index (χ4v) is 3.72. The standard InChI is InChI=1S/C21H39N5O5S/c1-12(2)15(20(30)31)25-17(27)14-9-7-11-26(14)19(29)13(8-5-6-10-22)24-18(28)16(23)21(3,4)32/h12-16,32H,5-11,22-23H2,1-4H3,(H,24,28)(H,25,27)(H,30,31)/t13-,14-,15-,16+/m0/s1. The van der Waals surface area contributed by atoms with Crippen LogP contribution < -0.4 is 22.1 Å². The summed E-state index contributed by atoms with van der Waals surface area (Å²) in [7, 11) is 0. The van der Waals surface area contributed by atoms with Crippen LogP contribution in [0.3, 0.4) is 0 Å². The van der Waals surface area contributed by atoms with E-state index < -0.39 is 46.7 Å². The Morgan fingerprint density at radius 2 is 1.81 bits per heavy atom. The molecule has 0 saturated carbocycles. The van der Waals surface area contributed by atoms with Gasteiger partial charge in [0.1, 0.15) is 18.1 Å². The molecule has 0 radical (unpaired) electrons. The minimum absolute atomic E-state index is 0.309. The van der Waals surface area contributed by atoms with Crippen molar-refractivity contribution in [3.63, 3.8) is 0 Å². The summed E-state index contributed by atoms with van der Waals surface area (Å²) >= 11 is 4.34. The number of nitrogens with one attached hydrogen (secondary N) is 2. The van der Waals surface area contributed by atoms with Gasteiger partial charge < -0.3 is 32.1 Å². The van der Waals surface area contributed by atoms with Crippen LogP contribution in [0.5, 0.6) is 0 Å². The van der Waals surface area contributed by atoms with Crippen LogP contribution in [-0.2, 0) is 19.2 Å². The summed E-state index contributed by atoms with van der Waals surface area (Å²) in [4.78, 5) is 51.7. The summed E-state index contributed by atoms with van der Waals surface area (Å²) in [5.74, 6) is -2.82. The Kier molecular flexibility index (Phi) is 10.9. The molecule has 1 aliphatic rings. The highest BCUT2D eigenvalue weighted by Crippen LogP contribution is 2.21. The molecule has 0 bridgehead atoms. The number of carboxylic acid groups (broad SMARTS) is 1. The lowest BCUT2D eigenvalue weighted by Crippen LogP contribution is -2.59. The van der Waals surface area contributed by atoms with Crippen molar-refractivity contribution < 1.29 is 24.3 Å². The highest BCUT2D eigenvalue weighted by atomic mass is 32.1. The van der Waals surface area contributed by atoms with Crippen LogP contribution in [-0.4, -0.2) is 75.7 Å². The molecule has 1 heterocycles. The maximum absolute atomic E-state index is 13.3. The van der Waals surface area contributed by atoms with E-state index in [0.29, 0.717) is 45.2 Å². The zero-order valence-corrected chi connectivity index (χ0v) is 20.4. The number of unbranched alkanes of at least 4 members (excludes halogenated alkanes) is 1. The minimum atomic E-state index is -1.13. The van der Waals surface area contributed by atoms with Gasteiger partial charge in [0.05, 0.1) is 6.04 Å². The molecular formula is C21H39N5O5S. The van der Waals surface area contributed by atoms with Crippen molar-refractivity contribution in [3.8, 4) is 0 Å². The number of hydrogen-bond donors (Lipinski definition) is 6. The van der Waals surface area contributed by atoms with Gasteiger partial charge in [-0.3, -0.25) is 14.4 Å². The molecule has 1 saturated heterocycles. The second-order valence-electron chi connectivity index (χ2n) is 9.24. The normalized spacial score (nSPS) is 19.4. The lowest BCUT2D eigenvalue weighted by molar-refractivity contribution is -0.145. The monoisotopic (exact) mass is 473 g/mol. The van der Waals surface area contributed by atoms with E-state index in [0.717, 1.165) is 0 Å². The molecule has 0 aromatic rings. The first kappa shape index (κ1) is 28.2.